The Morgan fingerprint density at radius 2 is 1.89 bits per heavy atom. The summed E-state index contributed by atoms with van der Waals surface area (Å²) in [5.41, 5.74) is 15.8. The molecule has 0 amide bonds. The number of rotatable bonds is 3. The van der Waals surface area contributed by atoms with Gasteiger partial charge in [-0.15, -0.1) is 0 Å². The number of hydrogen-bond acceptors (Lipinski definition) is 5. The van der Waals surface area contributed by atoms with Crippen LogP contribution >= 0.6 is 0 Å². The molecular formula is C14H17N5. The number of nitrogens with zero attached hydrogens (tertiary/aromatic N) is 3. The third-order valence-corrected chi connectivity index (χ3v) is 3.39. The van der Waals surface area contributed by atoms with Crippen LogP contribution in [0.4, 0.5) is 5.95 Å². The number of aromatic nitrogens is 2. The van der Waals surface area contributed by atoms with Gasteiger partial charge < -0.3 is 11.5 Å². The molecule has 19 heavy (non-hydrogen) atoms. The van der Waals surface area contributed by atoms with Crippen molar-refractivity contribution in [2.45, 2.75) is 26.2 Å². The van der Waals surface area contributed by atoms with E-state index in [1.807, 2.05) is 6.07 Å². The van der Waals surface area contributed by atoms with Crippen LogP contribution in [0.3, 0.4) is 0 Å². The Morgan fingerprint density at radius 1 is 1.11 bits per heavy atom. The van der Waals surface area contributed by atoms with E-state index < -0.39 is 0 Å². The van der Waals surface area contributed by atoms with Gasteiger partial charge in [0.2, 0.25) is 5.95 Å². The van der Waals surface area contributed by atoms with E-state index in [-0.39, 0.29) is 0 Å². The van der Waals surface area contributed by atoms with Crippen LogP contribution in [0.2, 0.25) is 0 Å². The monoisotopic (exact) mass is 255 g/mol. The molecule has 1 aromatic carbocycles. The zero-order chi connectivity index (χ0) is 13.2. The molecule has 0 radical (unpaired) electrons. The van der Waals surface area contributed by atoms with Crippen LogP contribution in [0, 0.1) is 0 Å². The molecule has 0 atom stereocenters. The Hall–Kier alpha value is -1.98. The summed E-state index contributed by atoms with van der Waals surface area (Å²) in [4.78, 5) is 10.9. The first kappa shape index (κ1) is 12.1. The molecule has 0 saturated carbocycles. The molecular weight excluding hydrogens is 238 g/mol. The van der Waals surface area contributed by atoms with Gasteiger partial charge in [0, 0.05) is 31.7 Å². The van der Waals surface area contributed by atoms with Crippen LogP contribution in [0.1, 0.15) is 22.5 Å². The molecule has 0 spiro atoms. The van der Waals surface area contributed by atoms with Gasteiger partial charge in [-0.1, -0.05) is 30.3 Å². The van der Waals surface area contributed by atoms with Crippen LogP contribution in [-0.4, -0.2) is 14.9 Å². The maximum atomic E-state index is 5.73. The van der Waals surface area contributed by atoms with Crippen molar-refractivity contribution in [3.8, 4) is 0 Å². The van der Waals surface area contributed by atoms with Gasteiger partial charge in [-0.2, -0.15) is 0 Å². The Labute approximate surface area is 112 Å². The van der Waals surface area contributed by atoms with Gasteiger partial charge in [0.25, 0.3) is 0 Å². The van der Waals surface area contributed by atoms with Crippen molar-refractivity contribution < 1.29 is 0 Å². The van der Waals surface area contributed by atoms with Crippen LogP contribution in [-0.2, 0) is 26.2 Å². The van der Waals surface area contributed by atoms with Gasteiger partial charge >= 0.3 is 0 Å². The second-order valence-electron chi connectivity index (χ2n) is 4.79. The highest BCUT2D eigenvalue weighted by atomic mass is 15.2. The van der Waals surface area contributed by atoms with E-state index in [1.165, 1.54) is 5.56 Å². The summed E-state index contributed by atoms with van der Waals surface area (Å²) in [6.45, 7) is 2.97. The van der Waals surface area contributed by atoms with Crippen molar-refractivity contribution in [1.82, 2.24) is 14.9 Å². The molecule has 0 aliphatic carbocycles. The molecule has 2 heterocycles. The fourth-order valence-corrected chi connectivity index (χ4v) is 2.53. The SMILES string of the molecule is NCc1nc(N)nc2c1CN(Cc1ccccc1)C2. The maximum Gasteiger partial charge on any atom is 0.220 e. The van der Waals surface area contributed by atoms with Crippen molar-refractivity contribution in [3.05, 3.63) is 52.8 Å². The molecule has 5 nitrogen and oxygen atoms in total. The molecule has 0 unspecified atom stereocenters. The molecule has 3 rings (SSSR count). The lowest BCUT2D eigenvalue weighted by Crippen LogP contribution is -2.16. The molecule has 0 fully saturated rings. The van der Waals surface area contributed by atoms with Crippen molar-refractivity contribution >= 4 is 5.95 Å². The summed E-state index contributed by atoms with van der Waals surface area (Å²) in [7, 11) is 0. The van der Waals surface area contributed by atoms with Gasteiger partial charge in [-0.05, 0) is 5.56 Å². The third kappa shape index (κ3) is 2.43. The van der Waals surface area contributed by atoms with E-state index in [9.17, 15) is 0 Å². The average Bonchev–Trinajstić information content (AvgIpc) is 2.81. The predicted molar refractivity (Wildman–Crippen MR) is 73.7 cm³/mol. The molecule has 1 aliphatic heterocycles. The van der Waals surface area contributed by atoms with E-state index in [0.717, 1.165) is 36.6 Å². The molecule has 2 aromatic rings. The predicted octanol–water partition coefficient (Wildman–Crippen LogP) is 1.03. The zero-order valence-electron chi connectivity index (χ0n) is 10.7. The van der Waals surface area contributed by atoms with Crippen LogP contribution in [0.5, 0.6) is 0 Å². The number of hydrogen-bond donors (Lipinski definition) is 2. The number of anilines is 1. The Bertz CT molecular complexity index is 582. The first-order valence-electron chi connectivity index (χ1n) is 6.36. The van der Waals surface area contributed by atoms with Crippen LogP contribution in [0.15, 0.2) is 30.3 Å². The van der Waals surface area contributed by atoms with Crippen LogP contribution in [0.25, 0.3) is 0 Å². The summed E-state index contributed by atoms with van der Waals surface area (Å²) in [5.74, 6) is 0.320. The normalized spacial score (nSPS) is 14.6. The topological polar surface area (TPSA) is 81.1 Å². The minimum atomic E-state index is 0.320. The molecule has 1 aromatic heterocycles. The fourth-order valence-electron chi connectivity index (χ4n) is 2.53. The van der Waals surface area contributed by atoms with Gasteiger partial charge in [0.05, 0.1) is 11.4 Å². The average molecular weight is 255 g/mol. The lowest BCUT2D eigenvalue weighted by atomic mass is 10.2. The van der Waals surface area contributed by atoms with Gasteiger partial charge in [-0.3, -0.25) is 4.90 Å². The van der Waals surface area contributed by atoms with Crippen molar-refractivity contribution in [1.29, 1.82) is 0 Å². The summed E-state index contributed by atoms with van der Waals surface area (Å²) in [5, 5.41) is 0. The largest absolute Gasteiger partial charge is 0.368 e. The van der Waals surface area contributed by atoms with Crippen LogP contribution < -0.4 is 11.5 Å². The van der Waals surface area contributed by atoms with Crippen molar-refractivity contribution in [2.24, 2.45) is 5.73 Å². The second-order valence-corrected chi connectivity index (χ2v) is 4.79. The first-order valence-corrected chi connectivity index (χ1v) is 6.36. The molecule has 0 saturated heterocycles. The van der Waals surface area contributed by atoms with Crippen molar-refractivity contribution in [3.63, 3.8) is 0 Å². The van der Waals surface area contributed by atoms with E-state index in [4.69, 9.17) is 11.5 Å². The summed E-state index contributed by atoms with van der Waals surface area (Å²) >= 11 is 0. The Kier molecular flexibility index (Phi) is 3.15. The summed E-state index contributed by atoms with van der Waals surface area (Å²) in [6, 6.07) is 10.4. The molecule has 98 valence electrons. The molecule has 4 N–H and O–H groups in total. The first-order chi connectivity index (χ1) is 9.26. The van der Waals surface area contributed by atoms with Crippen molar-refractivity contribution in [2.75, 3.05) is 5.73 Å². The zero-order valence-corrected chi connectivity index (χ0v) is 10.7. The minimum Gasteiger partial charge on any atom is -0.368 e. The summed E-state index contributed by atoms with van der Waals surface area (Å²) < 4.78 is 0. The van der Waals surface area contributed by atoms with Gasteiger partial charge in [-0.25, -0.2) is 9.97 Å². The minimum absolute atomic E-state index is 0.320. The quantitative estimate of drug-likeness (QED) is 0.856. The van der Waals surface area contributed by atoms with E-state index in [1.54, 1.807) is 0 Å². The Morgan fingerprint density at radius 3 is 2.63 bits per heavy atom. The number of benzene rings is 1. The smallest absolute Gasteiger partial charge is 0.220 e. The highest BCUT2D eigenvalue weighted by Gasteiger charge is 2.24. The lowest BCUT2D eigenvalue weighted by molar-refractivity contribution is 0.273. The number of fused-ring (bicyclic) bond motifs is 1. The number of nitrogen functional groups attached to an aromatic ring is 1. The van der Waals surface area contributed by atoms with Gasteiger partial charge in [0.1, 0.15) is 0 Å². The molecule has 1 aliphatic rings. The van der Waals surface area contributed by atoms with E-state index in [2.05, 4.69) is 39.1 Å². The lowest BCUT2D eigenvalue weighted by Gasteiger charge is -2.14. The summed E-state index contributed by atoms with van der Waals surface area (Å²) in [6.07, 6.45) is 0. The fraction of sp³-hybridized carbons (Fsp3) is 0.286. The maximum absolute atomic E-state index is 5.73. The highest BCUT2D eigenvalue weighted by Crippen LogP contribution is 2.25. The number of nitrogens with two attached hydrogens (primary N) is 2. The van der Waals surface area contributed by atoms with E-state index >= 15 is 0 Å². The Balaban J connectivity index is 1.81. The van der Waals surface area contributed by atoms with Gasteiger partial charge in [0.15, 0.2) is 0 Å². The highest BCUT2D eigenvalue weighted by molar-refractivity contribution is 5.34. The third-order valence-electron chi connectivity index (χ3n) is 3.39. The second kappa shape index (κ2) is 4.95. The molecule has 0 bridgehead atoms. The molecule has 5 heteroatoms. The van der Waals surface area contributed by atoms with E-state index in [0.29, 0.717) is 12.5 Å². The standard InChI is InChI=1S/C14H17N5/c15-6-12-11-8-19(7-10-4-2-1-3-5-10)9-13(11)18-14(16)17-12/h1-5H,6-9,15H2,(H2,16,17,18).